The van der Waals surface area contributed by atoms with E-state index in [-0.39, 0.29) is 4.90 Å². The van der Waals surface area contributed by atoms with E-state index in [9.17, 15) is 8.42 Å². The van der Waals surface area contributed by atoms with E-state index < -0.39 is 10.0 Å². The van der Waals surface area contributed by atoms with Gasteiger partial charge in [0, 0.05) is 11.1 Å². The molecule has 1 fully saturated rings. The molecule has 5 nitrogen and oxygen atoms in total. The Kier molecular flexibility index (Phi) is 5.65. The molecule has 21 heavy (non-hydrogen) atoms. The Morgan fingerprint density at radius 3 is 2.86 bits per heavy atom. The number of nitrogens with two attached hydrogens (primary N) is 1. The molecule has 7 heteroatoms. The lowest BCUT2D eigenvalue weighted by atomic mass is 10.1. The summed E-state index contributed by atoms with van der Waals surface area (Å²) in [6.07, 6.45) is 4.29. The molecule has 0 amide bonds. The monoisotopic (exact) mass is 377 g/mol. The maximum Gasteiger partial charge on any atom is 0.241 e. The van der Waals surface area contributed by atoms with Crippen LogP contribution in [0.4, 0.5) is 0 Å². The molecule has 1 atom stereocenters. The van der Waals surface area contributed by atoms with Gasteiger partial charge in [0.05, 0.1) is 12.7 Å². The predicted molar refractivity (Wildman–Crippen MR) is 84.0 cm³/mol. The van der Waals surface area contributed by atoms with Crippen LogP contribution in [0.15, 0.2) is 21.5 Å². The second kappa shape index (κ2) is 7.09. The molecule has 1 aromatic carbocycles. The minimum Gasteiger partial charge on any atom is -0.492 e. The fraction of sp³-hybridized carbons (Fsp3) is 0.571. The summed E-state index contributed by atoms with van der Waals surface area (Å²) in [6, 6.07) is 3.28. The Balaban J connectivity index is 2.01. The first-order valence-corrected chi connectivity index (χ1v) is 9.29. The molecule has 1 aromatic rings. The molecule has 1 unspecified atom stereocenters. The van der Waals surface area contributed by atoms with Crippen LogP contribution < -0.4 is 9.88 Å². The Hall–Kier alpha value is -0.630. The van der Waals surface area contributed by atoms with Crippen LogP contribution in [0, 0.1) is 6.92 Å². The lowest BCUT2D eigenvalue weighted by Crippen LogP contribution is -2.15. The summed E-state index contributed by atoms with van der Waals surface area (Å²) in [7, 11) is -3.81. The molecule has 1 aliphatic heterocycles. The zero-order valence-electron chi connectivity index (χ0n) is 12.0. The van der Waals surface area contributed by atoms with Crippen LogP contribution in [0.5, 0.6) is 5.75 Å². The summed E-state index contributed by atoms with van der Waals surface area (Å²) in [5.41, 5.74) is 0.741. The summed E-state index contributed by atoms with van der Waals surface area (Å²) < 4.78 is 35.2. The molecule has 0 spiro atoms. The standard InChI is InChI=1S/C14H20BrNO4S/c1-10-8-11(15)9-13(21(16,17)18)14(10)20-7-3-5-12-4-2-6-19-12/h8-9,12H,2-7H2,1H3,(H2,16,17,18). The number of hydrogen-bond donors (Lipinski definition) is 1. The molecule has 1 aliphatic rings. The molecule has 0 aromatic heterocycles. The number of ether oxygens (including phenoxy) is 2. The molecular weight excluding hydrogens is 358 g/mol. The Morgan fingerprint density at radius 1 is 1.48 bits per heavy atom. The maximum absolute atomic E-state index is 11.7. The average Bonchev–Trinajstić information content (AvgIpc) is 2.87. The lowest BCUT2D eigenvalue weighted by Gasteiger charge is -2.14. The number of sulfonamides is 1. The van der Waals surface area contributed by atoms with E-state index in [4.69, 9.17) is 14.6 Å². The van der Waals surface area contributed by atoms with Crippen LogP contribution in [0.2, 0.25) is 0 Å². The SMILES string of the molecule is Cc1cc(Br)cc(S(N)(=O)=O)c1OCCCC1CCCO1. The van der Waals surface area contributed by atoms with Crippen molar-refractivity contribution in [1.29, 1.82) is 0 Å². The first-order chi connectivity index (χ1) is 9.88. The van der Waals surface area contributed by atoms with Gasteiger partial charge < -0.3 is 9.47 Å². The van der Waals surface area contributed by atoms with E-state index in [1.807, 2.05) is 6.07 Å². The fourth-order valence-corrected chi connectivity index (χ4v) is 3.95. The molecule has 118 valence electrons. The molecule has 0 bridgehead atoms. The largest absolute Gasteiger partial charge is 0.492 e. The van der Waals surface area contributed by atoms with Gasteiger partial charge in [-0.2, -0.15) is 0 Å². The summed E-state index contributed by atoms with van der Waals surface area (Å²) >= 11 is 3.27. The van der Waals surface area contributed by atoms with Gasteiger partial charge in [-0.3, -0.25) is 0 Å². The van der Waals surface area contributed by atoms with Gasteiger partial charge >= 0.3 is 0 Å². The zero-order valence-corrected chi connectivity index (χ0v) is 14.4. The van der Waals surface area contributed by atoms with Crippen LogP contribution in [0.3, 0.4) is 0 Å². The van der Waals surface area contributed by atoms with E-state index >= 15 is 0 Å². The Morgan fingerprint density at radius 2 is 2.24 bits per heavy atom. The zero-order chi connectivity index (χ0) is 15.5. The van der Waals surface area contributed by atoms with Crippen LogP contribution in [-0.4, -0.2) is 27.7 Å². The van der Waals surface area contributed by atoms with Crippen molar-refractivity contribution in [3.63, 3.8) is 0 Å². The van der Waals surface area contributed by atoms with Crippen LogP contribution >= 0.6 is 15.9 Å². The highest BCUT2D eigenvalue weighted by molar-refractivity contribution is 9.10. The second-order valence-electron chi connectivity index (χ2n) is 5.22. The highest BCUT2D eigenvalue weighted by Gasteiger charge is 2.19. The van der Waals surface area contributed by atoms with Crippen LogP contribution in [0.1, 0.15) is 31.2 Å². The summed E-state index contributed by atoms with van der Waals surface area (Å²) in [4.78, 5) is 0.0199. The summed E-state index contributed by atoms with van der Waals surface area (Å²) in [5.74, 6) is 0.341. The number of benzene rings is 1. The van der Waals surface area contributed by atoms with E-state index in [1.165, 1.54) is 6.07 Å². The van der Waals surface area contributed by atoms with Crippen molar-refractivity contribution in [2.45, 2.75) is 43.6 Å². The van der Waals surface area contributed by atoms with E-state index in [1.54, 1.807) is 6.92 Å². The van der Waals surface area contributed by atoms with Crippen molar-refractivity contribution in [1.82, 2.24) is 0 Å². The molecule has 0 aliphatic carbocycles. The van der Waals surface area contributed by atoms with Gasteiger partial charge in [0.1, 0.15) is 10.6 Å². The summed E-state index contributed by atoms with van der Waals surface area (Å²) in [6.45, 7) is 3.09. The van der Waals surface area contributed by atoms with E-state index in [2.05, 4.69) is 15.9 Å². The van der Waals surface area contributed by atoms with Crippen molar-refractivity contribution in [3.05, 3.63) is 22.2 Å². The molecule has 2 N–H and O–H groups in total. The van der Waals surface area contributed by atoms with Gasteiger partial charge in [0.2, 0.25) is 10.0 Å². The predicted octanol–water partition coefficient (Wildman–Crippen LogP) is 2.74. The third kappa shape index (κ3) is 4.67. The van der Waals surface area contributed by atoms with Crippen molar-refractivity contribution in [2.75, 3.05) is 13.2 Å². The average molecular weight is 378 g/mol. The van der Waals surface area contributed by atoms with Gasteiger partial charge in [-0.25, -0.2) is 13.6 Å². The first kappa shape index (κ1) is 16.7. The first-order valence-electron chi connectivity index (χ1n) is 6.95. The Labute approximate surface area is 134 Å². The normalized spacial score (nSPS) is 18.9. The highest BCUT2D eigenvalue weighted by Crippen LogP contribution is 2.31. The molecule has 1 heterocycles. The topological polar surface area (TPSA) is 78.6 Å². The quantitative estimate of drug-likeness (QED) is 0.772. The Bertz CT molecular complexity index is 597. The minimum absolute atomic E-state index is 0.0199. The van der Waals surface area contributed by atoms with Gasteiger partial charge in [-0.15, -0.1) is 0 Å². The van der Waals surface area contributed by atoms with Crippen molar-refractivity contribution >= 4 is 26.0 Å². The van der Waals surface area contributed by atoms with Gasteiger partial charge in [-0.05, 0) is 50.3 Å². The smallest absolute Gasteiger partial charge is 0.241 e. The molecule has 1 saturated heterocycles. The third-order valence-electron chi connectivity index (χ3n) is 3.45. The maximum atomic E-state index is 11.7. The van der Waals surface area contributed by atoms with E-state index in [0.717, 1.165) is 37.9 Å². The van der Waals surface area contributed by atoms with Gasteiger partial charge in [0.15, 0.2) is 0 Å². The lowest BCUT2D eigenvalue weighted by molar-refractivity contribution is 0.0979. The molecular formula is C14H20BrNO4S. The fourth-order valence-electron chi connectivity index (χ4n) is 2.45. The van der Waals surface area contributed by atoms with Gasteiger partial charge in [-0.1, -0.05) is 15.9 Å². The molecule has 0 radical (unpaired) electrons. The van der Waals surface area contributed by atoms with Gasteiger partial charge in [0.25, 0.3) is 0 Å². The number of aryl methyl sites for hydroxylation is 1. The van der Waals surface area contributed by atoms with Crippen LogP contribution in [-0.2, 0) is 14.8 Å². The second-order valence-corrected chi connectivity index (χ2v) is 7.67. The van der Waals surface area contributed by atoms with Crippen LogP contribution in [0.25, 0.3) is 0 Å². The number of rotatable bonds is 6. The number of halogens is 1. The minimum atomic E-state index is -3.81. The number of hydrogen-bond acceptors (Lipinski definition) is 4. The third-order valence-corrected chi connectivity index (χ3v) is 4.83. The van der Waals surface area contributed by atoms with Crippen molar-refractivity contribution in [2.24, 2.45) is 5.14 Å². The molecule has 0 saturated carbocycles. The van der Waals surface area contributed by atoms with E-state index in [0.29, 0.717) is 22.9 Å². The summed E-state index contributed by atoms with van der Waals surface area (Å²) in [5, 5.41) is 5.25. The van der Waals surface area contributed by atoms with Crippen molar-refractivity contribution < 1.29 is 17.9 Å². The highest BCUT2D eigenvalue weighted by atomic mass is 79.9. The number of primary sulfonamides is 1. The molecule has 2 rings (SSSR count). The van der Waals surface area contributed by atoms with Crippen molar-refractivity contribution in [3.8, 4) is 5.75 Å².